The maximum absolute atomic E-state index is 12.0. The summed E-state index contributed by atoms with van der Waals surface area (Å²) >= 11 is 0. The summed E-state index contributed by atoms with van der Waals surface area (Å²) in [6, 6.07) is 5.63. The number of piperidine rings is 1. The fourth-order valence-electron chi connectivity index (χ4n) is 2.79. The molecule has 1 aromatic carbocycles. The van der Waals surface area contributed by atoms with Gasteiger partial charge in [-0.2, -0.15) is 0 Å². The van der Waals surface area contributed by atoms with Crippen LogP contribution in [0.4, 0.5) is 0 Å². The summed E-state index contributed by atoms with van der Waals surface area (Å²) < 4.78 is 10.5. The van der Waals surface area contributed by atoms with E-state index < -0.39 is 0 Å². The fourth-order valence-corrected chi connectivity index (χ4v) is 2.79. The van der Waals surface area contributed by atoms with Crippen molar-refractivity contribution in [3.05, 3.63) is 23.8 Å². The van der Waals surface area contributed by atoms with Crippen LogP contribution in [0.5, 0.6) is 11.5 Å². The molecule has 0 spiro atoms. The van der Waals surface area contributed by atoms with Crippen LogP contribution in [0.2, 0.25) is 0 Å². The van der Waals surface area contributed by atoms with Gasteiger partial charge in [-0.1, -0.05) is 0 Å². The minimum atomic E-state index is 0.108. The molecule has 0 atom stereocenters. The van der Waals surface area contributed by atoms with Crippen molar-refractivity contribution in [1.29, 1.82) is 0 Å². The van der Waals surface area contributed by atoms with Crippen LogP contribution in [-0.2, 0) is 11.3 Å². The Kier molecular flexibility index (Phi) is 6.52. The molecule has 0 aromatic heterocycles. The van der Waals surface area contributed by atoms with Crippen molar-refractivity contribution in [2.45, 2.75) is 32.2 Å². The molecular weight excluding hydrogens is 280 g/mol. The molecule has 0 radical (unpaired) electrons. The highest BCUT2D eigenvalue weighted by atomic mass is 16.5. The van der Waals surface area contributed by atoms with E-state index in [0.29, 0.717) is 18.9 Å². The van der Waals surface area contributed by atoms with Gasteiger partial charge in [-0.3, -0.25) is 4.79 Å². The standard InChI is InChI=1S/C17H26N2O3/c1-21-15-5-4-14(16(11-15)22-2)12-19-17(20)6-3-13-7-9-18-10-8-13/h4-5,11,13,18H,3,6-10,12H2,1-2H3,(H,19,20). The van der Waals surface area contributed by atoms with Crippen LogP contribution < -0.4 is 20.1 Å². The molecule has 0 unspecified atom stereocenters. The molecule has 0 aliphatic carbocycles. The van der Waals surface area contributed by atoms with Crippen LogP contribution in [0.25, 0.3) is 0 Å². The normalized spacial score (nSPS) is 15.4. The van der Waals surface area contributed by atoms with Gasteiger partial charge in [0.25, 0.3) is 0 Å². The third-order valence-electron chi connectivity index (χ3n) is 4.21. The monoisotopic (exact) mass is 306 g/mol. The number of carbonyl (C=O) groups excluding carboxylic acids is 1. The summed E-state index contributed by atoms with van der Waals surface area (Å²) in [5, 5.41) is 6.32. The van der Waals surface area contributed by atoms with E-state index in [1.807, 2.05) is 18.2 Å². The quantitative estimate of drug-likeness (QED) is 0.810. The molecule has 1 heterocycles. The highest BCUT2D eigenvalue weighted by Crippen LogP contribution is 2.24. The number of nitrogens with one attached hydrogen (secondary N) is 2. The first-order chi connectivity index (χ1) is 10.7. The third kappa shape index (κ3) is 4.91. The number of rotatable bonds is 7. The Bertz CT molecular complexity index is 485. The molecule has 2 N–H and O–H groups in total. The molecule has 5 nitrogen and oxygen atoms in total. The zero-order chi connectivity index (χ0) is 15.8. The lowest BCUT2D eigenvalue weighted by atomic mass is 9.93. The second-order valence-corrected chi connectivity index (χ2v) is 5.69. The molecule has 5 heteroatoms. The maximum atomic E-state index is 12.0. The van der Waals surface area contributed by atoms with Crippen molar-refractivity contribution in [2.75, 3.05) is 27.3 Å². The lowest BCUT2D eigenvalue weighted by Crippen LogP contribution is -2.29. The SMILES string of the molecule is COc1ccc(CNC(=O)CCC2CCNCC2)c(OC)c1. The molecule has 122 valence electrons. The van der Waals surface area contributed by atoms with Crippen molar-refractivity contribution in [2.24, 2.45) is 5.92 Å². The third-order valence-corrected chi connectivity index (χ3v) is 4.21. The van der Waals surface area contributed by atoms with E-state index >= 15 is 0 Å². The van der Waals surface area contributed by atoms with E-state index in [4.69, 9.17) is 9.47 Å². The highest BCUT2D eigenvalue weighted by molar-refractivity contribution is 5.75. The predicted octanol–water partition coefficient (Wildman–Crippen LogP) is 2.10. The molecule has 1 amide bonds. The molecule has 0 saturated carbocycles. The molecule has 1 aliphatic heterocycles. The van der Waals surface area contributed by atoms with Crippen molar-refractivity contribution < 1.29 is 14.3 Å². The topological polar surface area (TPSA) is 59.6 Å². The number of methoxy groups -OCH3 is 2. The number of hydrogen-bond donors (Lipinski definition) is 2. The van der Waals surface area contributed by atoms with Crippen molar-refractivity contribution >= 4 is 5.91 Å². The Hall–Kier alpha value is -1.75. The van der Waals surface area contributed by atoms with Crippen LogP contribution in [0.1, 0.15) is 31.2 Å². The number of hydrogen-bond acceptors (Lipinski definition) is 4. The minimum absolute atomic E-state index is 0.108. The summed E-state index contributed by atoms with van der Waals surface area (Å²) in [7, 11) is 3.24. The first kappa shape index (κ1) is 16.6. The van der Waals surface area contributed by atoms with Crippen LogP contribution in [-0.4, -0.2) is 33.2 Å². The van der Waals surface area contributed by atoms with Gasteiger partial charge in [-0.25, -0.2) is 0 Å². The van der Waals surface area contributed by atoms with Gasteiger partial charge in [0.15, 0.2) is 0 Å². The number of amides is 1. The fraction of sp³-hybridized carbons (Fsp3) is 0.588. The number of ether oxygens (including phenoxy) is 2. The second kappa shape index (κ2) is 8.63. The van der Waals surface area contributed by atoms with Gasteiger partial charge in [-0.05, 0) is 50.4 Å². The van der Waals surface area contributed by atoms with Gasteiger partial charge in [-0.15, -0.1) is 0 Å². The van der Waals surface area contributed by atoms with Gasteiger partial charge in [0, 0.05) is 24.6 Å². The number of benzene rings is 1. The molecule has 22 heavy (non-hydrogen) atoms. The van der Waals surface area contributed by atoms with E-state index in [1.165, 1.54) is 12.8 Å². The van der Waals surface area contributed by atoms with Crippen molar-refractivity contribution in [1.82, 2.24) is 10.6 Å². The van der Waals surface area contributed by atoms with Crippen molar-refractivity contribution in [3.63, 3.8) is 0 Å². The molecule has 1 aliphatic rings. The lowest BCUT2D eigenvalue weighted by Gasteiger charge is -2.22. The van der Waals surface area contributed by atoms with Crippen LogP contribution >= 0.6 is 0 Å². The van der Waals surface area contributed by atoms with Crippen molar-refractivity contribution in [3.8, 4) is 11.5 Å². The summed E-state index contributed by atoms with van der Waals surface area (Å²) in [4.78, 5) is 12.0. The Morgan fingerprint density at radius 3 is 2.73 bits per heavy atom. The van der Waals surface area contributed by atoms with Gasteiger partial charge in [0.1, 0.15) is 11.5 Å². The summed E-state index contributed by atoms with van der Waals surface area (Å²) in [6.07, 6.45) is 3.94. The maximum Gasteiger partial charge on any atom is 0.220 e. The first-order valence-corrected chi connectivity index (χ1v) is 7.91. The van der Waals surface area contributed by atoms with Gasteiger partial charge < -0.3 is 20.1 Å². The van der Waals surface area contributed by atoms with Gasteiger partial charge in [0.2, 0.25) is 5.91 Å². The molecule has 1 fully saturated rings. The minimum Gasteiger partial charge on any atom is -0.497 e. The highest BCUT2D eigenvalue weighted by Gasteiger charge is 2.14. The molecule has 0 bridgehead atoms. The molecule has 1 aromatic rings. The lowest BCUT2D eigenvalue weighted by molar-refractivity contribution is -0.121. The Labute approximate surface area is 132 Å². The summed E-state index contributed by atoms with van der Waals surface area (Å²) in [5.74, 6) is 2.27. The Morgan fingerprint density at radius 2 is 2.05 bits per heavy atom. The zero-order valence-corrected chi connectivity index (χ0v) is 13.5. The predicted molar refractivity (Wildman–Crippen MR) is 86.2 cm³/mol. The molecule has 2 rings (SSSR count). The number of carbonyl (C=O) groups is 1. The Morgan fingerprint density at radius 1 is 1.27 bits per heavy atom. The summed E-state index contributed by atoms with van der Waals surface area (Å²) in [6.45, 7) is 2.64. The van der Waals surface area contributed by atoms with E-state index in [-0.39, 0.29) is 5.91 Å². The zero-order valence-electron chi connectivity index (χ0n) is 13.5. The average molecular weight is 306 g/mol. The average Bonchev–Trinajstić information content (AvgIpc) is 2.58. The largest absolute Gasteiger partial charge is 0.497 e. The second-order valence-electron chi connectivity index (χ2n) is 5.69. The van der Waals surface area contributed by atoms with E-state index in [1.54, 1.807) is 14.2 Å². The van der Waals surface area contributed by atoms with E-state index in [2.05, 4.69) is 10.6 Å². The van der Waals surface area contributed by atoms with Crippen LogP contribution in [0.3, 0.4) is 0 Å². The van der Waals surface area contributed by atoms with E-state index in [0.717, 1.165) is 36.6 Å². The first-order valence-electron chi connectivity index (χ1n) is 7.91. The Balaban J connectivity index is 1.78. The summed E-state index contributed by atoms with van der Waals surface area (Å²) in [5.41, 5.74) is 0.957. The van der Waals surface area contributed by atoms with Gasteiger partial charge >= 0.3 is 0 Å². The smallest absolute Gasteiger partial charge is 0.220 e. The molecule has 1 saturated heterocycles. The van der Waals surface area contributed by atoms with Gasteiger partial charge in [0.05, 0.1) is 14.2 Å². The van der Waals surface area contributed by atoms with Crippen LogP contribution in [0, 0.1) is 5.92 Å². The van der Waals surface area contributed by atoms with E-state index in [9.17, 15) is 4.79 Å². The molecular formula is C17H26N2O3. The van der Waals surface area contributed by atoms with Crippen LogP contribution in [0.15, 0.2) is 18.2 Å².